The van der Waals surface area contributed by atoms with Gasteiger partial charge in [-0.15, -0.1) is 0 Å². The molecular weight excluding hydrogens is 787 g/mol. The van der Waals surface area contributed by atoms with Crippen molar-refractivity contribution in [3.63, 3.8) is 0 Å². The second kappa shape index (κ2) is 16.0. The van der Waals surface area contributed by atoms with Crippen molar-refractivity contribution in [1.29, 1.82) is 0 Å². The zero-order valence-corrected chi connectivity index (χ0v) is 35.5. The number of fused-ring (bicyclic) bond motifs is 4. The van der Waals surface area contributed by atoms with Crippen molar-refractivity contribution in [3.05, 3.63) is 271 Å². The molecule has 0 radical (unpaired) electrons. The lowest BCUT2D eigenvalue weighted by atomic mass is 9.67. The fraction of sp³-hybridized carbons (Fsp3) is 0.0161. The van der Waals surface area contributed by atoms with E-state index in [2.05, 4.69) is 224 Å². The van der Waals surface area contributed by atoms with Crippen LogP contribution in [0.5, 0.6) is 0 Å². The van der Waals surface area contributed by atoms with Crippen LogP contribution in [0.4, 0.5) is 0 Å². The molecule has 0 saturated carbocycles. The molecule has 12 rings (SSSR count). The van der Waals surface area contributed by atoms with E-state index in [1.807, 2.05) is 24.3 Å². The van der Waals surface area contributed by atoms with Crippen LogP contribution in [0.15, 0.2) is 249 Å². The van der Waals surface area contributed by atoms with Crippen LogP contribution in [0.2, 0.25) is 0 Å². The topological polar surface area (TPSA) is 38.7 Å². The molecule has 0 N–H and O–H groups in total. The van der Waals surface area contributed by atoms with Gasteiger partial charge in [0.15, 0.2) is 17.5 Å². The van der Waals surface area contributed by atoms with Gasteiger partial charge in [-0.05, 0) is 83.6 Å². The molecule has 10 aromatic carbocycles. The number of nitrogens with zero attached hydrogens (tertiary/aromatic N) is 3. The summed E-state index contributed by atoms with van der Waals surface area (Å²) in [7, 11) is 0. The molecule has 0 aliphatic heterocycles. The van der Waals surface area contributed by atoms with Crippen LogP contribution in [0.1, 0.15) is 22.3 Å². The standard InChI is InChI=1S/C62H41N3/c1-5-19-42(20-6-1)47-24-17-25-48(41-47)61-64-59(45-22-7-2-8-23-45)63-60(65-61)46-37-35-44(36-38-46)57-51-30-14-13-21-43(51)39-40-53(57)52-32-18-34-56-58(52)54-31-15-16-33-55(54)62(56,49-26-9-3-10-27-49)50-28-11-4-12-29-50/h1-41H. The van der Waals surface area contributed by atoms with E-state index in [1.165, 1.54) is 60.8 Å². The van der Waals surface area contributed by atoms with E-state index in [0.717, 1.165) is 33.4 Å². The predicted molar refractivity (Wildman–Crippen MR) is 267 cm³/mol. The fourth-order valence-electron chi connectivity index (χ4n) is 10.1. The summed E-state index contributed by atoms with van der Waals surface area (Å²) < 4.78 is 0. The average Bonchev–Trinajstić information content (AvgIpc) is 3.70. The Morgan fingerprint density at radius 3 is 1.42 bits per heavy atom. The molecule has 1 heterocycles. The van der Waals surface area contributed by atoms with Gasteiger partial charge in [-0.3, -0.25) is 0 Å². The van der Waals surface area contributed by atoms with Crippen LogP contribution in [-0.4, -0.2) is 15.0 Å². The van der Waals surface area contributed by atoms with Gasteiger partial charge in [-0.2, -0.15) is 0 Å². The molecular formula is C62H41N3. The number of rotatable bonds is 8. The number of hydrogen-bond acceptors (Lipinski definition) is 3. The van der Waals surface area contributed by atoms with E-state index in [4.69, 9.17) is 15.0 Å². The molecule has 1 aromatic heterocycles. The molecule has 304 valence electrons. The smallest absolute Gasteiger partial charge is 0.164 e. The van der Waals surface area contributed by atoms with Crippen molar-refractivity contribution in [2.45, 2.75) is 5.41 Å². The lowest BCUT2D eigenvalue weighted by Crippen LogP contribution is -2.28. The summed E-state index contributed by atoms with van der Waals surface area (Å²) in [6.07, 6.45) is 0. The van der Waals surface area contributed by atoms with Crippen LogP contribution in [0.25, 0.3) is 89.4 Å². The van der Waals surface area contributed by atoms with Gasteiger partial charge in [0.05, 0.1) is 5.41 Å². The summed E-state index contributed by atoms with van der Waals surface area (Å²) in [5, 5.41) is 2.39. The second-order valence-corrected chi connectivity index (χ2v) is 16.7. The maximum absolute atomic E-state index is 5.15. The monoisotopic (exact) mass is 827 g/mol. The molecule has 0 saturated heterocycles. The highest BCUT2D eigenvalue weighted by molar-refractivity contribution is 6.07. The van der Waals surface area contributed by atoms with E-state index >= 15 is 0 Å². The van der Waals surface area contributed by atoms with E-state index in [-0.39, 0.29) is 0 Å². The van der Waals surface area contributed by atoms with Gasteiger partial charge in [-0.1, -0.05) is 243 Å². The largest absolute Gasteiger partial charge is 0.208 e. The first kappa shape index (κ1) is 38.2. The average molecular weight is 828 g/mol. The third-order valence-corrected chi connectivity index (χ3v) is 13.0. The van der Waals surface area contributed by atoms with Gasteiger partial charge in [0, 0.05) is 16.7 Å². The minimum Gasteiger partial charge on any atom is -0.208 e. The van der Waals surface area contributed by atoms with Crippen LogP contribution in [0, 0.1) is 0 Å². The zero-order chi connectivity index (χ0) is 43.2. The molecule has 0 spiro atoms. The Balaban J connectivity index is 1.03. The van der Waals surface area contributed by atoms with Crippen molar-refractivity contribution in [3.8, 4) is 78.7 Å². The SMILES string of the molecule is c1ccc(-c2cccc(-c3nc(-c4ccccc4)nc(-c4ccc(-c5c(-c6cccc7c6-c6ccccc6C7(c6ccccc6)c6ccccc6)ccc6ccccc56)cc4)n3)c2)cc1. The molecule has 1 aliphatic carbocycles. The van der Waals surface area contributed by atoms with Crippen molar-refractivity contribution >= 4 is 10.8 Å². The first-order valence-corrected chi connectivity index (χ1v) is 22.2. The number of aromatic nitrogens is 3. The lowest BCUT2D eigenvalue weighted by molar-refractivity contribution is 0.768. The molecule has 1 aliphatic rings. The Labute approximate surface area is 379 Å². The highest BCUT2D eigenvalue weighted by Crippen LogP contribution is 2.59. The molecule has 0 amide bonds. The van der Waals surface area contributed by atoms with Gasteiger partial charge in [0.2, 0.25) is 0 Å². The molecule has 0 atom stereocenters. The summed E-state index contributed by atoms with van der Waals surface area (Å²) in [6.45, 7) is 0. The van der Waals surface area contributed by atoms with Crippen molar-refractivity contribution in [2.24, 2.45) is 0 Å². The van der Waals surface area contributed by atoms with E-state index in [9.17, 15) is 0 Å². The van der Waals surface area contributed by atoms with Gasteiger partial charge in [0.1, 0.15) is 0 Å². The summed E-state index contributed by atoms with van der Waals surface area (Å²) in [4.78, 5) is 15.3. The predicted octanol–water partition coefficient (Wildman–Crippen LogP) is 15.4. The first-order chi connectivity index (χ1) is 32.2. The van der Waals surface area contributed by atoms with Crippen LogP contribution in [-0.2, 0) is 5.41 Å². The van der Waals surface area contributed by atoms with Gasteiger partial charge >= 0.3 is 0 Å². The molecule has 0 bridgehead atoms. The lowest BCUT2D eigenvalue weighted by Gasteiger charge is -2.34. The van der Waals surface area contributed by atoms with Gasteiger partial charge in [-0.25, -0.2) is 15.0 Å². The zero-order valence-electron chi connectivity index (χ0n) is 35.5. The summed E-state index contributed by atoms with van der Waals surface area (Å²) in [5.74, 6) is 1.89. The van der Waals surface area contributed by atoms with Crippen LogP contribution < -0.4 is 0 Å². The summed E-state index contributed by atoms with van der Waals surface area (Å²) >= 11 is 0. The quantitative estimate of drug-likeness (QED) is 0.153. The third-order valence-electron chi connectivity index (χ3n) is 13.0. The Hall–Kier alpha value is -8.53. The summed E-state index contributed by atoms with van der Waals surface area (Å²) in [6, 6.07) is 89.1. The minimum absolute atomic E-state index is 0.492. The van der Waals surface area contributed by atoms with Crippen LogP contribution >= 0.6 is 0 Å². The highest BCUT2D eigenvalue weighted by atomic mass is 15.0. The van der Waals surface area contributed by atoms with Crippen molar-refractivity contribution in [2.75, 3.05) is 0 Å². The Kier molecular flexibility index (Phi) is 9.39. The number of hydrogen-bond donors (Lipinski definition) is 0. The molecule has 0 unspecified atom stereocenters. The van der Waals surface area contributed by atoms with Gasteiger partial charge in [0.25, 0.3) is 0 Å². The minimum atomic E-state index is -0.492. The van der Waals surface area contributed by atoms with E-state index < -0.39 is 5.41 Å². The molecule has 11 aromatic rings. The van der Waals surface area contributed by atoms with Gasteiger partial charge < -0.3 is 0 Å². The van der Waals surface area contributed by atoms with E-state index in [0.29, 0.717) is 17.5 Å². The highest BCUT2D eigenvalue weighted by Gasteiger charge is 2.46. The Morgan fingerprint density at radius 1 is 0.262 bits per heavy atom. The summed E-state index contributed by atoms with van der Waals surface area (Å²) in [5.41, 5.74) is 16.9. The maximum Gasteiger partial charge on any atom is 0.164 e. The second-order valence-electron chi connectivity index (χ2n) is 16.7. The Bertz CT molecular complexity index is 3470. The normalized spacial score (nSPS) is 12.4. The third kappa shape index (κ3) is 6.48. The number of benzene rings is 10. The molecule has 65 heavy (non-hydrogen) atoms. The van der Waals surface area contributed by atoms with Crippen molar-refractivity contribution in [1.82, 2.24) is 15.0 Å². The fourth-order valence-corrected chi connectivity index (χ4v) is 10.1. The first-order valence-electron chi connectivity index (χ1n) is 22.2. The maximum atomic E-state index is 5.15. The molecule has 3 heteroatoms. The van der Waals surface area contributed by atoms with Crippen molar-refractivity contribution < 1.29 is 0 Å². The van der Waals surface area contributed by atoms with Crippen LogP contribution in [0.3, 0.4) is 0 Å². The van der Waals surface area contributed by atoms with E-state index in [1.54, 1.807) is 0 Å². The molecule has 3 nitrogen and oxygen atoms in total. The molecule has 0 fully saturated rings. The Morgan fingerprint density at radius 2 is 0.723 bits per heavy atom.